The molecule has 0 aliphatic carbocycles. The fourth-order valence-corrected chi connectivity index (χ4v) is 4.32. The smallest absolute Gasteiger partial charge is 0.229 e. The van der Waals surface area contributed by atoms with Crippen LogP contribution in [0.3, 0.4) is 0 Å². The molecule has 1 aliphatic heterocycles. The van der Waals surface area contributed by atoms with Crippen LogP contribution >= 0.6 is 11.3 Å². The molecule has 128 valence electrons. The summed E-state index contributed by atoms with van der Waals surface area (Å²) in [6.45, 7) is 4.73. The van der Waals surface area contributed by atoms with Crippen LogP contribution in [0.4, 0.5) is 11.5 Å². The zero-order valence-corrected chi connectivity index (χ0v) is 15.1. The lowest BCUT2D eigenvalue weighted by molar-refractivity contribution is -0.118. The Morgan fingerprint density at radius 3 is 3.08 bits per heavy atom. The highest BCUT2D eigenvalue weighted by molar-refractivity contribution is 7.18. The van der Waals surface area contributed by atoms with Gasteiger partial charge in [-0.3, -0.25) is 4.79 Å². The van der Waals surface area contributed by atoms with Gasteiger partial charge >= 0.3 is 0 Å². The maximum atomic E-state index is 12.7. The number of thiophene rings is 1. The highest BCUT2D eigenvalue weighted by atomic mass is 32.1. The molecule has 2 aromatic heterocycles. The summed E-state index contributed by atoms with van der Waals surface area (Å²) in [7, 11) is 0. The molecule has 3 heterocycles. The van der Waals surface area contributed by atoms with Gasteiger partial charge in [-0.15, -0.1) is 11.3 Å². The molecule has 6 heteroatoms. The van der Waals surface area contributed by atoms with Gasteiger partial charge in [-0.05, 0) is 38.0 Å². The van der Waals surface area contributed by atoms with Gasteiger partial charge in [0.2, 0.25) is 5.91 Å². The van der Waals surface area contributed by atoms with Crippen molar-refractivity contribution in [1.29, 1.82) is 0 Å². The first kappa shape index (κ1) is 16.0. The first-order valence-corrected chi connectivity index (χ1v) is 9.30. The minimum atomic E-state index is 0.150. The summed E-state index contributed by atoms with van der Waals surface area (Å²) >= 11 is 1.65. The number of anilines is 2. The van der Waals surface area contributed by atoms with E-state index < -0.39 is 0 Å². The number of nitrogens with zero attached hydrogens (tertiary/aromatic N) is 3. The normalized spacial score (nSPS) is 16.2. The second kappa shape index (κ2) is 6.44. The van der Waals surface area contributed by atoms with Crippen molar-refractivity contribution in [3.8, 4) is 0 Å². The Labute approximate surface area is 150 Å². The molecule has 1 amide bonds. The van der Waals surface area contributed by atoms with Crippen molar-refractivity contribution in [2.75, 3.05) is 16.8 Å². The van der Waals surface area contributed by atoms with Crippen molar-refractivity contribution >= 4 is 39.0 Å². The average Bonchev–Trinajstić information content (AvgIpc) is 3.13. The summed E-state index contributed by atoms with van der Waals surface area (Å²) in [6, 6.07) is 10.5. The van der Waals surface area contributed by atoms with Gasteiger partial charge in [-0.2, -0.15) is 0 Å². The molecule has 0 bridgehead atoms. The Morgan fingerprint density at radius 1 is 1.36 bits per heavy atom. The van der Waals surface area contributed by atoms with Crippen molar-refractivity contribution in [2.24, 2.45) is 0 Å². The highest BCUT2D eigenvalue weighted by Gasteiger charge is 2.29. The Bertz CT molecular complexity index is 936. The van der Waals surface area contributed by atoms with E-state index in [0.717, 1.165) is 28.1 Å². The van der Waals surface area contributed by atoms with Gasteiger partial charge < -0.3 is 10.2 Å². The maximum Gasteiger partial charge on any atom is 0.229 e. The molecular formula is C19H20N4OS. The third-order valence-electron chi connectivity index (χ3n) is 4.56. The minimum absolute atomic E-state index is 0.150. The van der Waals surface area contributed by atoms with E-state index >= 15 is 0 Å². The van der Waals surface area contributed by atoms with Crippen LogP contribution in [0, 0.1) is 6.92 Å². The van der Waals surface area contributed by atoms with Crippen LogP contribution in [0.25, 0.3) is 10.2 Å². The fraction of sp³-hybridized carbons (Fsp3) is 0.316. The Kier molecular flexibility index (Phi) is 4.13. The summed E-state index contributed by atoms with van der Waals surface area (Å²) in [4.78, 5) is 25.5. The van der Waals surface area contributed by atoms with Gasteiger partial charge in [0.1, 0.15) is 17.0 Å². The third kappa shape index (κ3) is 2.98. The lowest BCUT2D eigenvalue weighted by atomic mass is 10.1. The van der Waals surface area contributed by atoms with Crippen molar-refractivity contribution in [3.63, 3.8) is 0 Å². The molecule has 25 heavy (non-hydrogen) atoms. The predicted octanol–water partition coefficient (Wildman–Crippen LogP) is 3.78. The van der Waals surface area contributed by atoms with Crippen LogP contribution < -0.4 is 10.2 Å². The van der Waals surface area contributed by atoms with Crippen molar-refractivity contribution in [3.05, 3.63) is 47.1 Å². The Balaban J connectivity index is 1.44. The monoisotopic (exact) mass is 352 g/mol. The van der Waals surface area contributed by atoms with Crippen LogP contribution in [0.15, 0.2) is 36.7 Å². The first-order valence-electron chi connectivity index (χ1n) is 8.48. The van der Waals surface area contributed by atoms with Gasteiger partial charge in [-0.25, -0.2) is 9.97 Å². The number of carbonyl (C=O) groups excluding carboxylic acids is 1. The summed E-state index contributed by atoms with van der Waals surface area (Å²) in [5.74, 6) is 0.953. The number of hydrogen-bond donors (Lipinski definition) is 1. The topological polar surface area (TPSA) is 58.1 Å². The highest BCUT2D eigenvalue weighted by Crippen LogP contribution is 2.32. The molecule has 0 spiro atoms. The van der Waals surface area contributed by atoms with E-state index in [9.17, 15) is 4.79 Å². The van der Waals surface area contributed by atoms with Crippen LogP contribution in [-0.4, -0.2) is 28.5 Å². The molecule has 1 unspecified atom stereocenters. The number of hydrogen-bond acceptors (Lipinski definition) is 5. The summed E-state index contributed by atoms with van der Waals surface area (Å²) in [5.41, 5.74) is 2.31. The van der Waals surface area contributed by atoms with Crippen molar-refractivity contribution in [2.45, 2.75) is 32.7 Å². The van der Waals surface area contributed by atoms with Gasteiger partial charge in [0, 0.05) is 29.6 Å². The van der Waals surface area contributed by atoms with Crippen LogP contribution in [-0.2, 0) is 11.2 Å². The van der Waals surface area contributed by atoms with Crippen molar-refractivity contribution in [1.82, 2.24) is 9.97 Å². The second-order valence-electron chi connectivity index (χ2n) is 6.42. The van der Waals surface area contributed by atoms with E-state index in [0.29, 0.717) is 13.0 Å². The number of rotatable bonds is 4. The first-order chi connectivity index (χ1) is 12.1. The molecule has 3 aromatic rings. The molecular weight excluding hydrogens is 332 g/mol. The molecule has 0 fully saturated rings. The molecule has 1 aromatic carbocycles. The Morgan fingerprint density at radius 2 is 2.20 bits per heavy atom. The number of aromatic nitrogens is 2. The lowest BCUT2D eigenvalue weighted by Crippen LogP contribution is -2.36. The molecule has 1 atom stereocenters. The van der Waals surface area contributed by atoms with Gasteiger partial charge in [0.15, 0.2) is 0 Å². The van der Waals surface area contributed by atoms with Gasteiger partial charge in [-0.1, -0.05) is 18.2 Å². The number of para-hydroxylation sites is 1. The van der Waals surface area contributed by atoms with Crippen molar-refractivity contribution < 1.29 is 4.79 Å². The van der Waals surface area contributed by atoms with Gasteiger partial charge in [0.05, 0.1) is 5.39 Å². The second-order valence-corrected chi connectivity index (χ2v) is 7.66. The molecule has 5 nitrogen and oxygen atoms in total. The Hall–Kier alpha value is -2.47. The fourth-order valence-electron chi connectivity index (χ4n) is 3.47. The molecule has 4 rings (SSSR count). The van der Waals surface area contributed by atoms with E-state index in [4.69, 9.17) is 0 Å². The predicted molar refractivity (Wildman–Crippen MR) is 102 cm³/mol. The van der Waals surface area contributed by atoms with E-state index in [2.05, 4.69) is 41.3 Å². The number of amides is 1. The van der Waals surface area contributed by atoms with E-state index in [1.807, 2.05) is 23.1 Å². The molecule has 0 saturated heterocycles. The zero-order valence-electron chi connectivity index (χ0n) is 14.3. The lowest BCUT2D eigenvalue weighted by Gasteiger charge is -2.23. The zero-order chi connectivity index (χ0) is 17.4. The minimum Gasteiger partial charge on any atom is -0.369 e. The van der Waals surface area contributed by atoms with E-state index in [-0.39, 0.29) is 11.9 Å². The standard InChI is InChI=1S/C19H20N4OS/c1-12-9-14-5-3-4-6-16(14)23(12)17(24)7-8-20-18-15-10-13(2)25-19(15)22-11-21-18/h3-6,10-12H,7-9H2,1-2H3,(H,20,21,22). The van der Waals surface area contributed by atoms with Crippen LogP contribution in [0.5, 0.6) is 0 Å². The van der Waals surface area contributed by atoms with Crippen LogP contribution in [0.1, 0.15) is 23.8 Å². The van der Waals surface area contributed by atoms with E-state index in [1.165, 1.54) is 10.4 Å². The number of aryl methyl sites for hydroxylation is 1. The molecule has 1 aliphatic rings. The molecule has 0 radical (unpaired) electrons. The number of fused-ring (bicyclic) bond motifs is 2. The average molecular weight is 352 g/mol. The quantitative estimate of drug-likeness (QED) is 0.776. The molecule has 0 saturated carbocycles. The summed E-state index contributed by atoms with van der Waals surface area (Å²) < 4.78 is 0. The third-order valence-corrected chi connectivity index (χ3v) is 5.52. The largest absolute Gasteiger partial charge is 0.369 e. The SMILES string of the molecule is Cc1cc2c(NCCC(=O)N3c4ccccc4CC3C)ncnc2s1. The maximum absolute atomic E-state index is 12.7. The number of carbonyl (C=O) groups is 1. The summed E-state index contributed by atoms with van der Waals surface area (Å²) in [6.07, 6.45) is 2.94. The van der Waals surface area contributed by atoms with Crippen LogP contribution in [0.2, 0.25) is 0 Å². The number of benzene rings is 1. The molecule has 1 N–H and O–H groups in total. The van der Waals surface area contributed by atoms with Gasteiger partial charge in [0.25, 0.3) is 0 Å². The summed E-state index contributed by atoms with van der Waals surface area (Å²) in [5, 5.41) is 4.33. The van der Waals surface area contributed by atoms with E-state index in [1.54, 1.807) is 17.7 Å². The number of nitrogens with one attached hydrogen (secondary N) is 1.